The fraction of sp³-hybridized carbons (Fsp3) is 0. The molecule has 4 rings (SSSR count). The number of nitrogen functional groups attached to an aromatic ring is 1. The minimum absolute atomic E-state index is 0.0558. The second-order valence-corrected chi connectivity index (χ2v) is 4.67. The molecule has 90 valence electrons. The van der Waals surface area contributed by atoms with Crippen LogP contribution >= 0.6 is 0 Å². The molecular weight excluding hydrogens is 236 g/mol. The van der Waals surface area contributed by atoms with Gasteiger partial charge in [-0.25, -0.2) is 4.98 Å². The average molecular weight is 246 g/mol. The number of fused-ring (bicyclic) bond motifs is 2. The lowest BCUT2D eigenvalue weighted by molar-refractivity contribution is 0.104. The maximum atomic E-state index is 12.5. The average Bonchev–Trinajstić information content (AvgIpc) is 2.44. The first-order valence-electron chi connectivity index (χ1n) is 6.09. The second kappa shape index (κ2) is 3.42. The summed E-state index contributed by atoms with van der Waals surface area (Å²) in [5, 5.41) is 1.86. The Labute approximate surface area is 109 Å². The van der Waals surface area contributed by atoms with Gasteiger partial charge in [-0.05, 0) is 11.5 Å². The molecule has 3 nitrogen and oxygen atoms in total. The van der Waals surface area contributed by atoms with Gasteiger partial charge in [0.2, 0.25) is 0 Å². The van der Waals surface area contributed by atoms with Crippen molar-refractivity contribution in [3.05, 3.63) is 59.7 Å². The third-order valence-electron chi connectivity index (χ3n) is 3.55. The van der Waals surface area contributed by atoms with Crippen molar-refractivity contribution in [2.75, 3.05) is 5.73 Å². The maximum absolute atomic E-state index is 12.5. The van der Waals surface area contributed by atoms with E-state index in [2.05, 4.69) is 4.98 Å². The van der Waals surface area contributed by atoms with Gasteiger partial charge in [0.15, 0.2) is 5.78 Å². The topological polar surface area (TPSA) is 56.0 Å². The third-order valence-corrected chi connectivity index (χ3v) is 3.55. The molecule has 1 heterocycles. The number of nitrogens with two attached hydrogens (primary N) is 1. The van der Waals surface area contributed by atoms with Crippen LogP contribution in [0.15, 0.2) is 48.5 Å². The number of hydrogen-bond acceptors (Lipinski definition) is 3. The van der Waals surface area contributed by atoms with Crippen LogP contribution in [0.4, 0.5) is 5.82 Å². The quantitative estimate of drug-likeness (QED) is 0.519. The molecular formula is C16H10N2O. The Kier molecular flexibility index (Phi) is 1.85. The van der Waals surface area contributed by atoms with Crippen LogP contribution in [0.2, 0.25) is 0 Å². The van der Waals surface area contributed by atoms with E-state index in [4.69, 9.17) is 5.73 Å². The fourth-order valence-corrected chi connectivity index (χ4v) is 2.75. The van der Waals surface area contributed by atoms with Crippen LogP contribution in [0.3, 0.4) is 0 Å². The van der Waals surface area contributed by atoms with Crippen LogP contribution in [-0.2, 0) is 0 Å². The molecule has 0 radical (unpaired) electrons. The van der Waals surface area contributed by atoms with E-state index in [1.54, 1.807) is 0 Å². The molecule has 0 saturated heterocycles. The summed E-state index contributed by atoms with van der Waals surface area (Å²) < 4.78 is 0. The van der Waals surface area contributed by atoms with Crippen LogP contribution < -0.4 is 5.73 Å². The Bertz CT molecular complexity index is 852. The number of pyridine rings is 1. The summed E-state index contributed by atoms with van der Waals surface area (Å²) in [7, 11) is 0. The number of rotatable bonds is 0. The molecule has 1 aliphatic rings. The highest BCUT2D eigenvalue weighted by atomic mass is 16.1. The lowest BCUT2D eigenvalue weighted by Crippen LogP contribution is -2.11. The molecule has 0 aliphatic heterocycles. The summed E-state index contributed by atoms with van der Waals surface area (Å²) in [6.45, 7) is 0. The zero-order valence-electron chi connectivity index (χ0n) is 10.1. The molecule has 0 spiro atoms. The molecule has 1 aromatic heterocycles. The monoisotopic (exact) mass is 246 g/mol. The van der Waals surface area contributed by atoms with Crippen molar-refractivity contribution in [3.63, 3.8) is 0 Å². The lowest BCUT2D eigenvalue weighted by atomic mass is 9.86. The number of nitrogens with zero attached hydrogens (tertiary/aromatic N) is 1. The molecule has 0 amide bonds. The van der Waals surface area contributed by atoms with Crippen molar-refractivity contribution in [2.24, 2.45) is 0 Å². The van der Waals surface area contributed by atoms with E-state index in [-0.39, 0.29) is 5.78 Å². The number of aromatic nitrogens is 1. The molecule has 3 heteroatoms. The van der Waals surface area contributed by atoms with Crippen molar-refractivity contribution in [2.45, 2.75) is 0 Å². The standard InChI is InChI=1S/C16H10N2O/c17-13-8-9-4-3-7-12-14(9)15(18-13)10-5-1-2-6-11(10)16(12)19/h1-8H,(H2,17,18). The number of benzene rings is 2. The molecule has 0 saturated carbocycles. The number of carbonyl (C=O) groups is 1. The number of hydrogen-bond donors (Lipinski definition) is 1. The van der Waals surface area contributed by atoms with Crippen LogP contribution in [0, 0.1) is 0 Å². The van der Waals surface area contributed by atoms with Crippen molar-refractivity contribution in [1.82, 2.24) is 4.98 Å². The number of ketones is 1. The molecule has 0 bridgehead atoms. The van der Waals surface area contributed by atoms with Crippen molar-refractivity contribution >= 4 is 22.4 Å². The molecule has 0 fully saturated rings. The van der Waals surface area contributed by atoms with E-state index in [1.165, 1.54) is 0 Å². The third kappa shape index (κ3) is 1.27. The molecule has 0 atom stereocenters. The summed E-state index contributed by atoms with van der Waals surface area (Å²) in [4.78, 5) is 17.0. The summed E-state index contributed by atoms with van der Waals surface area (Å²) in [5.74, 6) is 0.532. The van der Waals surface area contributed by atoms with Gasteiger partial charge < -0.3 is 5.73 Å². The van der Waals surface area contributed by atoms with Gasteiger partial charge in [0, 0.05) is 22.1 Å². The Morgan fingerprint density at radius 3 is 2.47 bits per heavy atom. The molecule has 0 unspecified atom stereocenters. The molecule has 1 aliphatic carbocycles. The largest absolute Gasteiger partial charge is 0.384 e. The van der Waals surface area contributed by atoms with E-state index in [0.717, 1.165) is 22.0 Å². The normalized spacial score (nSPS) is 12.5. The van der Waals surface area contributed by atoms with E-state index in [0.29, 0.717) is 16.9 Å². The van der Waals surface area contributed by atoms with E-state index < -0.39 is 0 Å². The Balaban J connectivity index is 2.28. The first-order valence-corrected chi connectivity index (χ1v) is 6.09. The van der Waals surface area contributed by atoms with Gasteiger partial charge in [-0.1, -0.05) is 42.5 Å². The van der Waals surface area contributed by atoms with Gasteiger partial charge in [-0.15, -0.1) is 0 Å². The van der Waals surface area contributed by atoms with Gasteiger partial charge in [0.05, 0.1) is 5.69 Å². The predicted molar refractivity (Wildman–Crippen MR) is 75.0 cm³/mol. The first kappa shape index (κ1) is 10.3. The first-order chi connectivity index (χ1) is 9.25. The minimum Gasteiger partial charge on any atom is -0.384 e. The zero-order chi connectivity index (χ0) is 13.0. The lowest BCUT2D eigenvalue weighted by Gasteiger charge is -2.19. The van der Waals surface area contributed by atoms with Gasteiger partial charge in [-0.3, -0.25) is 4.79 Å². The van der Waals surface area contributed by atoms with Gasteiger partial charge in [0.1, 0.15) is 5.82 Å². The molecule has 2 N–H and O–H groups in total. The summed E-state index contributed by atoms with van der Waals surface area (Å²) in [6.07, 6.45) is 0. The fourth-order valence-electron chi connectivity index (χ4n) is 2.75. The maximum Gasteiger partial charge on any atom is 0.194 e. The smallest absolute Gasteiger partial charge is 0.194 e. The highest BCUT2D eigenvalue weighted by Crippen LogP contribution is 2.38. The van der Waals surface area contributed by atoms with Crippen molar-refractivity contribution in [1.29, 1.82) is 0 Å². The van der Waals surface area contributed by atoms with Gasteiger partial charge in [0.25, 0.3) is 0 Å². The van der Waals surface area contributed by atoms with Crippen LogP contribution in [0.25, 0.3) is 22.0 Å². The minimum atomic E-state index is 0.0558. The highest BCUT2D eigenvalue weighted by molar-refractivity contribution is 6.25. The Morgan fingerprint density at radius 1 is 0.895 bits per heavy atom. The predicted octanol–water partition coefficient (Wildman–Crippen LogP) is 3.03. The Hall–Kier alpha value is -2.68. The van der Waals surface area contributed by atoms with E-state index in [9.17, 15) is 4.79 Å². The van der Waals surface area contributed by atoms with E-state index in [1.807, 2.05) is 48.5 Å². The number of carbonyl (C=O) groups excluding carboxylic acids is 1. The van der Waals surface area contributed by atoms with Crippen molar-refractivity contribution < 1.29 is 4.79 Å². The number of anilines is 1. The summed E-state index contributed by atoms with van der Waals surface area (Å²) in [6, 6.07) is 15.0. The summed E-state index contributed by atoms with van der Waals surface area (Å²) >= 11 is 0. The molecule has 2 aromatic carbocycles. The SMILES string of the molecule is Nc1cc2cccc3c2c(n1)-c1ccccc1C3=O. The second-order valence-electron chi connectivity index (χ2n) is 4.67. The van der Waals surface area contributed by atoms with E-state index >= 15 is 0 Å². The van der Waals surface area contributed by atoms with Crippen molar-refractivity contribution in [3.8, 4) is 11.3 Å². The van der Waals surface area contributed by atoms with Crippen LogP contribution in [0.1, 0.15) is 15.9 Å². The molecule has 3 aromatic rings. The molecule has 19 heavy (non-hydrogen) atoms. The van der Waals surface area contributed by atoms with Crippen LogP contribution in [-0.4, -0.2) is 10.8 Å². The summed E-state index contributed by atoms with van der Waals surface area (Å²) in [5.41, 5.74) is 8.94. The van der Waals surface area contributed by atoms with Gasteiger partial charge in [-0.2, -0.15) is 0 Å². The highest BCUT2D eigenvalue weighted by Gasteiger charge is 2.25. The van der Waals surface area contributed by atoms with Crippen LogP contribution in [0.5, 0.6) is 0 Å². The van der Waals surface area contributed by atoms with Gasteiger partial charge >= 0.3 is 0 Å². The Morgan fingerprint density at radius 2 is 1.63 bits per heavy atom. The zero-order valence-corrected chi connectivity index (χ0v) is 10.1.